The van der Waals surface area contributed by atoms with Crippen LogP contribution in [0.25, 0.3) is 6.08 Å². The van der Waals surface area contributed by atoms with Gasteiger partial charge in [0.2, 0.25) is 0 Å². The van der Waals surface area contributed by atoms with Crippen LogP contribution in [0, 0.1) is 0 Å². The zero-order chi connectivity index (χ0) is 20.5. The molecule has 0 aliphatic carbocycles. The summed E-state index contributed by atoms with van der Waals surface area (Å²) in [6, 6.07) is 1.80. The molecule has 2 amide bonds. The Bertz CT molecular complexity index is 824. The van der Waals surface area contributed by atoms with Crippen LogP contribution in [0.2, 0.25) is 5.02 Å². The number of carbonyl (C=O) groups is 2. The van der Waals surface area contributed by atoms with E-state index in [0.29, 0.717) is 50.2 Å². The average Bonchev–Trinajstić information content (AvgIpc) is 2.92. The molecule has 11 heteroatoms. The maximum absolute atomic E-state index is 13.2. The molecule has 1 aromatic carbocycles. The van der Waals surface area contributed by atoms with Gasteiger partial charge in [-0.3, -0.25) is 19.8 Å². The molecule has 0 spiro atoms. The van der Waals surface area contributed by atoms with Crippen LogP contribution in [0.15, 0.2) is 17.0 Å². The van der Waals surface area contributed by atoms with Gasteiger partial charge in [0.1, 0.15) is 0 Å². The standard InChI is InChI=1S/C17H17ClF3N3O3S/c18-12-9-11(17(19,20)21)7-10(8-13-15(26)22-16(27)28-13)14(12)24-3-1-23(2-4-24)5-6-25/h7-9,25H,1-6H2,(H,22,26,27)/b13-8-. The van der Waals surface area contributed by atoms with Crippen molar-refractivity contribution in [3.05, 3.63) is 33.2 Å². The first-order valence-electron chi connectivity index (χ1n) is 8.43. The molecule has 0 aromatic heterocycles. The molecule has 6 nitrogen and oxygen atoms in total. The first-order valence-corrected chi connectivity index (χ1v) is 9.62. The van der Waals surface area contributed by atoms with Gasteiger partial charge in [-0.15, -0.1) is 0 Å². The number of β-amino-alcohol motifs (C(OH)–C–C–N with tert-alkyl or cyclic N) is 1. The Morgan fingerprint density at radius 2 is 1.89 bits per heavy atom. The Morgan fingerprint density at radius 3 is 2.43 bits per heavy atom. The minimum absolute atomic E-state index is 0.0144. The minimum Gasteiger partial charge on any atom is -0.395 e. The van der Waals surface area contributed by atoms with Gasteiger partial charge in [-0.25, -0.2) is 0 Å². The monoisotopic (exact) mass is 435 g/mol. The number of benzene rings is 1. The van der Waals surface area contributed by atoms with Crippen molar-refractivity contribution in [2.24, 2.45) is 0 Å². The molecule has 0 bridgehead atoms. The van der Waals surface area contributed by atoms with E-state index in [4.69, 9.17) is 16.7 Å². The third kappa shape index (κ3) is 4.62. The Balaban J connectivity index is 2.00. The van der Waals surface area contributed by atoms with Gasteiger partial charge < -0.3 is 10.0 Å². The molecule has 2 fully saturated rings. The topological polar surface area (TPSA) is 72.9 Å². The molecule has 3 rings (SSSR count). The van der Waals surface area contributed by atoms with Crippen molar-refractivity contribution in [3.63, 3.8) is 0 Å². The first-order chi connectivity index (χ1) is 13.2. The van der Waals surface area contributed by atoms with E-state index in [0.717, 1.165) is 12.1 Å². The molecule has 2 aliphatic rings. The number of thioether (sulfide) groups is 1. The van der Waals surface area contributed by atoms with Crippen molar-refractivity contribution in [1.82, 2.24) is 10.2 Å². The van der Waals surface area contributed by atoms with E-state index in [1.165, 1.54) is 6.08 Å². The average molecular weight is 436 g/mol. The number of rotatable bonds is 4. The number of hydrogen-bond donors (Lipinski definition) is 2. The Hall–Kier alpha value is -1.75. The Kier molecular flexibility index (Phi) is 6.23. The van der Waals surface area contributed by atoms with E-state index in [2.05, 4.69) is 5.32 Å². The van der Waals surface area contributed by atoms with Crippen LogP contribution < -0.4 is 10.2 Å². The minimum atomic E-state index is -4.60. The van der Waals surface area contributed by atoms with Crippen LogP contribution in [0.1, 0.15) is 11.1 Å². The zero-order valence-electron chi connectivity index (χ0n) is 14.6. The lowest BCUT2D eigenvalue weighted by Gasteiger charge is -2.37. The highest BCUT2D eigenvalue weighted by Crippen LogP contribution is 2.40. The quantitative estimate of drug-likeness (QED) is 0.709. The molecule has 2 aliphatic heterocycles. The largest absolute Gasteiger partial charge is 0.416 e. The highest BCUT2D eigenvalue weighted by molar-refractivity contribution is 8.18. The molecule has 2 N–H and O–H groups in total. The number of aliphatic hydroxyl groups is 1. The lowest BCUT2D eigenvalue weighted by atomic mass is 10.1. The van der Waals surface area contributed by atoms with Gasteiger partial charge in [-0.05, 0) is 30.0 Å². The number of amides is 2. The SMILES string of the molecule is O=C1NC(=O)/C(=C/c2cc(C(F)(F)F)cc(Cl)c2N2CCN(CCO)CC2)S1. The van der Waals surface area contributed by atoms with E-state index in [9.17, 15) is 22.8 Å². The normalized spacial score (nSPS) is 20.2. The van der Waals surface area contributed by atoms with Gasteiger partial charge >= 0.3 is 6.18 Å². The Morgan fingerprint density at radius 1 is 1.21 bits per heavy atom. The summed E-state index contributed by atoms with van der Waals surface area (Å²) >= 11 is 6.86. The summed E-state index contributed by atoms with van der Waals surface area (Å²) in [5, 5.41) is 10.5. The highest BCUT2D eigenvalue weighted by atomic mass is 35.5. The molecule has 0 unspecified atom stereocenters. The maximum Gasteiger partial charge on any atom is 0.416 e. The van der Waals surface area contributed by atoms with Gasteiger partial charge in [0, 0.05) is 38.3 Å². The smallest absolute Gasteiger partial charge is 0.395 e. The number of hydrogen-bond acceptors (Lipinski definition) is 6. The summed E-state index contributed by atoms with van der Waals surface area (Å²) in [5.41, 5.74) is -0.414. The van der Waals surface area contributed by atoms with Crippen LogP contribution >= 0.6 is 23.4 Å². The van der Waals surface area contributed by atoms with Crippen LogP contribution in [0.3, 0.4) is 0 Å². The van der Waals surface area contributed by atoms with Gasteiger partial charge in [0.15, 0.2) is 0 Å². The fraction of sp³-hybridized carbons (Fsp3) is 0.412. The second-order valence-corrected chi connectivity index (χ2v) is 7.72. The number of imide groups is 1. The predicted octanol–water partition coefficient (Wildman–Crippen LogP) is 2.80. The number of anilines is 1. The molecule has 152 valence electrons. The van der Waals surface area contributed by atoms with Gasteiger partial charge in [0.05, 0.1) is 27.8 Å². The number of piperazine rings is 1. The molecule has 0 saturated carbocycles. The summed E-state index contributed by atoms with van der Waals surface area (Å²) in [6.45, 7) is 2.77. The molecule has 2 saturated heterocycles. The third-order valence-electron chi connectivity index (χ3n) is 4.45. The number of carbonyl (C=O) groups excluding carboxylic acids is 2. The molecular formula is C17H17ClF3N3O3S. The van der Waals surface area contributed by atoms with Crippen LogP contribution in [-0.4, -0.2) is 60.5 Å². The first kappa shape index (κ1) is 21.0. The predicted molar refractivity (Wildman–Crippen MR) is 101 cm³/mol. The fourth-order valence-corrected chi connectivity index (χ4v) is 4.15. The zero-order valence-corrected chi connectivity index (χ0v) is 16.1. The van der Waals surface area contributed by atoms with E-state index in [1.54, 1.807) is 0 Å². The molecule has 2 heterocycles. The van der Waals surface area contributed by atoms with E-state index >= 15 is 0 Å². The number of nitrogens with one attached hydrogen (secondary N) is 1. The lowest BCUT2D eigenvalue weighted by Crippen LogP contribution is -2.47. The van der Waals surface area contributed by atoms with Crippen LogP contribution in [0.4, 0.5) is 23.7 Å². The van der Waals surface area contributed by atoms with Crippen LogP contribution in [0.5, 0.6) is 0 Å². The number of aliphatic hydroxyl groups excluding tert-OH is 1. The van der Waals surface area contributed by atoms with Gasteiger partial charge in [0.25, 0.3) is 11.1 Å². The van der Waals surface area contributed by atoms with Crippen molar-refractivity contribution < 1.29 is 27.9 Å². The lowest BCUT2D eigenvalue weighted by molar-refractivity contribution is -0.137. The second kappa shape index (κ2) is 8.32. The molecule has 1 aromatic rings. The maximum atomic E-state index is 13.2. The van der Waals surface area contributed by atoms with E-state index < -0.39 is 22.9 Å². The Labute approximate surface area is 168 Å². The molecule has 0 radical (unpaired) electrons. The van der Waals surface area contributed by atoms with Crippen molar-refractivity contribution >= 4 is 46.3 Å². The summed E-state index contributed by atoms with van der Waals surface area (Å²) in [7, 11) is 0. The highest BCUT2D eigenvalue weighted by Gasteiger charge is 2.34. The summed E-state index contributed by atoms with van der Waals surface area (Å²) in [5.74, 6) is -0.651. The summed E-state index contributed by atoms with van der Waals surface area (Å²) in [4.78, 5) is 27.1. The van der Waals surface area contributed by atoms with Gasteiger partial charge in [-0.1, -0.05) is 11.6 Å². The molecule has 28 heavy (non-hydrogen) atoms. The number of alkyl halides is 3. The van der Waals surface area contributed by atoms with Crippen molar-refractivity contribution in [1.29, 1.82) is 0 Å². The number of halogens is 4. The summed E-state index contributed by atoms with van der Waals surface area (Å²) in [6.07, 6.45) is -3.34. The van der Waals surface area contributed by atoms with E-state index in [-0.39, 0.29) is 22.1 Å². The van der Waals surface area contributed by atoms with Gasteiger partial charge in [-0.2, -0.15) is 13.2 Å². The second-order valence-electron chi connectivity index (χ2n) is 6.30. The van der Waals surface area contributed by atoms with Crippen molar-refractivity contribution in [2.75, 3.05) is 44.2 Å². The number of nitrogens with zero attached hydrogens (tertiary/aromatic N) is 2. The third-order valence-corrected chi connectivity index (χ3v) is 5.55. The van der Waals surface area contributed by atoms with Crippen LogP contribution in [-0.2, 0) is 11.0 Å². The van der Waals surface area contributed by atoms with E-state index in [1.807, 2.05) is 9.80 Å². The summed E-state index contributed by atoms with van der Waals surface area (Å²) < 4.78 is 39.7. The molecular weight excluding hydrogens is 419 g/mol. The fourth-order valence-electron chi connectivity index (χ4n) is 3.13. The van der Waals surface area contributed by atoms with Crippen molar-refractivity contribution in [2.45, 2.75) is 6.18 Å². The molecule has 0 atom stereocenters. The van der Waals surface area contributed by atoms with Crippen molar-refractivity contribution in [3.8, 4) is 0 Å².